The van der Waals surface area contributed by atoms with Crippen LogP contribution in [-0.4, -0.2) is 17.4 Å². The molecule has 3 aromatic carbocycles. The molecule has 3 N–H and O–H groups in total. The first-order chi connectivity index (χ1) is 14.7. The number of carbonyl (C=O) groups excluding carboxylic acids is 1. The Balaban J connectivity index is 1.56. The SMILES string of the molecule is CCNc1ccc(Nc2ccncc2)cc1C(=O)NCc1cccc2ccccc12. The van der Waals surface area contributed by atoms with Crippen LogP contribution in [0.2, 0.25) is 0 Å². The molecular formula is C25H24N4O. The van der Waals surface area contributed by atoms with Gasteiger partial charge in [-0.3, -0.25) is 9.78 Å². The highest BCUT2D eigenvalue weighted by atomic mass is 16.1. The largest absolute Gasteiger partial charge is 0.385 e. The summed E-state index contributed by atoms with van der Waals surface area (Å²) in [4.78, 5) is 17.1. The molecule has 0 saturated carbocycles. The Morgan fingerprint density at radius 1 is 0.900 bits per heavy atom. The van der Waals surface area contributed by atoms with Crippen LogP contribution >= 0.6 is 0 Å². The van der Waals surface area contributed by atoms with Gasteiger partial charge in [0.15, 0.2) is 0 Å². The molecule has 150 valence electrons. The standard InChI is InChI=1S/C25H24N4O/c1-2-27-24-11-10-21(29-20-12-14-26-15-13-20)16-23(24)25(30)28-17-19-8-5-7-18-6-3-4-9-22(18)19/h3-16,27H,2,17H2,1H3,(H,26,29)(H,28,30). The van der Waals surface area contributed by atoms with Gasteiger partial charge < -0.3 is 16.0 Å². The van der Waals surface area contributed by atoms with Crippen LogP contribution in [0.15, 0.2) is 85.2 Å². The number of pyridine rings is 1. The molecule has 0 saturated heterocycles. The van der Waals surface area contributed by atoms with E-state index < -0.39 is 0 Å². The normalized spacial score (nSPS) is 10.6. The maximum Gasteiger partial charge on any atom is 0.253 e. The predicted octanol–water partition coefficient (Wildman–Crippen LogP) is 5.34. The van der Waals surface area contributed by atoms with Gasteiger partial charge in [0, 0.05) is 42.5 Å². The summed E-state index contributed by atoms with van der Waals surface area (Å²) in [5, 5.41) is 12.0. The summed E-state index contributed by atoms with van der Waals surface area (Å²) < 4.78 is 0. The van der Waals surface area contributed by atoms with Crippen LogP contribution in [0.1, 0.15) is 22.8 Å². The van der Waals surface area contributed by atoms with Gasteiger partial charge in [-0.1, -0.05) is 42.5 Å². The van der Waals surface area contributed by atoms with E-state index in [0.717, 1.165) is 34.6 Å². The number of carbonyl (C=O) groups is 1. The predicted molar refractivity (Wildman–Crippen MR) is 123 cm³/mol. The van der Waals surface area contributed by atoms with Gasteiger partial charge in [-0.2, -0.15) is 0 Å². The Hall–Kier alpha value is -3.86. The molecule has 1 amide bonds. The number of hydrogen-bond donors (Lipinski definition) is 3. The first kappa shape index (κ1) is 19.5. The van der Waals surface area contributed by atoms with Crippen LogP contribution in [0, 0.1) is 0 Å². The zero-order chi connectivity index (χ0) is 20.8. The number of benzene rings is 3. The first-order valence-electron chi connectivity index (χ1n) is 10.0. The summed E-state index contributed by atoms with van der Waals surface area (Å²) in [5.41, 5.74) is 4.28. The average molecular weight is 396 g/mol. The van der Waals surface area contributed by atoms with E-state index in [1.165, 1.54) is 5.39 Å². The highest BCUT2D eigenvalue weighted by molar-refractivity contribution is 6.01. The second-order valence-corrected chi connectivity index (χ2v) is 6.97. The molecule has 0 unspecified atom stereocenters. The lowest BCUT2D eigenvalue weighted by Crippen LogP contribution is -2.24. The van der Waals surface area contributed by atoms with E-state index in [1.54, 1.807) is 12.4 Å². The summed E-state index contributed by atoms with van der Waals surface area (Å²) >= 11 is 0. The summed E-state index contributed by atoms with van der Waals surface area (Å²) in [6.45, 7) is 3.22. The van der Waals surface area contributed by atoms with E-state index in [9.17, 15) is 4.79 Å². The highest BCUT2D eigenvalue weighted by Gasteiger charge is 2.13. The van der Waals surface area contributed by atoms with E-state index in [-0.39, 0.29) is 5.91 Å². The lowest BCUT2D eigenvalue weighted by molar-refractivity contribution is 0.0952. The van der Waals surface area contributed by atoms with Crippen molar-refractivity contribution >= 4 is 33.7 Å². The van der Waals surface area contributed by atoms with Crippen molar-refractivity contribution in [2.75, 3.05) is 17.2 Å². The molecule has 0 atom stereocenters. The van der Waals surface area contributed by atoms with Crippen LogP contribution < -0.4 is 16.0 Å². The maximum atomic E-state index is 13.1. The van der Waals surface area contributed by atoms with Crippen LogP contribution in [0.3, 0.4) is 0 Å². The third-order valence-corrected chi connectivity index (χ3v) is 4.92. The summed E-state index contributed by atoms with van der Waals surface area (Å²) in [5.74, 6) is -0.114. The molecular weight excluding hydrogens is 372 g/mol. The molecule has 0 bridgehead atoms. The van der Waals surface area contributed by atoms with Crippen LogP contribution in [-0.2, 0) is 6.54 Å². The van der Waals surface area contributed by atoms with Gasteiger partial charge in [0.05, 0.1) is 5.56 Å². The Bertz CT molecular complexity index is 1150. The van der Waals surface area contributed by atoms with Gasteiger partial charge in [0.1, 0.15) is 0 Å². The van der Waals surface area contributed by atoms with E-state index in [4.69, 9.17) is 0 Å². The number of fused-ring (bicyclic) bond motifs is 1. The van der Waals surface area contributed by atoms with Gasteiger partial charge in [0.2, 0.25) is 0 Å². The molecule has 0 radical (unpaired) electrons. The van der Waals surface area contributed by atoms with Gasteiger partial charge in [0.25, 0.3) is 5.91 Å². The minimum atomic E-state index is -0.114. The molecule has 1 aromatic heterocycles. The summed E-state index contributed by atoms with van der Waals surface area (Å²) in [6, 6.07) is 23.9. The minimum Gasteiger partial charge on any atom is -0.385 e. The van der Waals surface area contributed by atoms with Crippen molar-refractivity contribution < 1.29 is 4.79 Å². The van der Waals surface area contributed by atoms with E-state index >= 15 is 0 Å². The monoisotopic (exact) mass is 396 g/mol. The third kappa shape index (κ3) is 4.41. The van der Waals surface area contributed by atoms with Crippen LogP contribution in [0.25, 0.3) is 10.8 Å². The van der Waals surface area contributed by atoms with E-state index in [2.05, 4.69) is 45.2 Å². The molecule has 5 heteroatoms. The zero-order valence-corrected chi connectivity index (χ0v) is 16.9. The molecule has 4 rings (SSSR count). The van der Waals surface area contributed by atoms with Crippen molar-refractivity contribution in [1.29, 1.82) is 0 Å². The summed E-state index contributed by atoms with van der Waals surface area (Å²) in [6.07, 6.45) is 3.46. The molecule has 0 aliphatic heterocycles. The van der Waals surface area contributed by atoms with E-state index in [0.29, 0.717) is 12.1 Å². The van der Waals surface area contributed by atoms with Crippen molar-refractivity contribution in [3.05, 3.63) is 96.3 Å². The van der Waals surface area contributed by atoms with Crippen molar-refractivity contribution in [1.82, 2.24) is 10.3 Å². The number of nitrogens with zero attached hydrogens (tertiary/aromatic N) is 1. The molecule has 5 nitrogen and oxygen atoms in total. The second-order valence-electron chi connectivity index (χ2n) is 6.97. The van der Waals surface area contributed by atoms with Crippen LogP contribution in [0.5, 0.6) is 0 Å². The average Bonchev–Trinajstić information content (AvgIpc) is 2.79. The molecule has 30 heavy (non-hydrogen) atoms. The lowest BCUT2D eigenvalue weighted by Gasteiger charge is -2.15. The number of rotatable bonds is 7. The topological polar surface area (TPSA) is 66.0 Å². The molecule has 0 spiro atoms. The quantitative estimate of drug-likeness (QED) is 0.394. The lowest BCUT2D eigenvalue weighted by atomic mass is 10.0. The van der Waals surface area contributed by atoms with Gasteiger partial charge in [-0.15, -0.1) is 0 Å². The fraction of sp³-hybridized carbons (Fsp3) is 0.120. The van der Waals surface area contributed by atoms with Crippen molar-refractivity contribution in [3.8, 4) is 0 Å². The number of amides is 1. The Labute approximate surface area is 176 Å². The molecule has 0 fully saturated rings. The van der Waals surface area contributed by atoms with Crippen LogP contribution in [0.4, 0.5) is 17.1 Å². The second kappa shape index (κ2) is 9.09. The maximum absolute atomic E-state index is 13.1. The molecule has 0 aliphatic rings. The number of anilines is 3. The fourth-order valence-electron chi connectivity index (χ4n) is 3.47. The van der Waals surface area contributed by atoms with Gasteiger partial charge in [-0.25, -0.2) is 0 Å². The number of aromatic nitrogens is 1. The highest BCUT2D eigenvalue weighted by Crippen LogP contribution is 2.24. The van der Waals surface area contributed by atoms with Crippen molar-refractivity contribution in [3.63, 3.8) is 0 Å². The van der Waals surface area contributed by atoms with Gasteiger partial charge in [-0.05, 0) is 53.6 Å². The molecule has 0 aliphatic carbocycles. The molecule has 4 aromatic rings. The fourth-order valence-corrected chi connectivity index (χ4v) is 3.47. The smallest absolute Gasteiger partial charge is 0.253 e. The number of nitrogens with one attached hydrogen (secondary N) is 3. The van der Waals surface area contributed by atoms with Crippen molar-refractivity contribution in [2.45, 2.75) is 13.5 Å². The van der Waals surface area contributed by atoms with E-state index in [1.807, 2.05) is 55.5 Å². The Morgan fingerprint density at radius 3 is 2.53 bits per heavy atom. The summed E-state index contributed by atoms with van der Waals surface area (Å²) in [7, 11) is 0. The van der Waals surface area contributed by atoms with Crippen molar-refractivity contribution in [2.24, 2.45) is 0 Å². The minimum absolute atomic E-state index is 0.114. The first-order valence-corrected chi connectivity index (χ1v) is 10.0. The van der Waals surface area contributed by atoms with Gasteiger partial charge >= 0.3 is 0 Å². The third-order valence-electron chi connectivity index (χ3n) is 4.92. The zero-order valence-electron chi connectivity index (χ0n) is 16.9. The Morgan fingerprint density at radius 2 is 1.70 bits per heavy atom. The Kier molecular flexibility index (Phi) is 5.90. The number of hydrogen-bond acceptors (Lipinski definition) is 4. The molecule has 1 heterocycles.